The van der Waals surface area contributed by atoms with Crippen LogP contribution in [0.1, 0.15) is 15.9 Å². The molecular weight excluding hydrogens is 306 g/mol. The lowest BCUT2D eigenvalue weighted by atomic mass is 9.97. The van der Waals surface area contributed by atoms with Gasteiger partial charge in [-0.05, 0) is 29.8 Å². The van der Waals surface area contributed by atoms with Crippen molar-refractivity contribution in [3.63, 3.8) is 0 Å². The Hall–Kier alpha value is -3.47. The van der Waals surface area contributed by atoms with Crippen molar-refractivity contribution >= 4 is 11.5 Å². The van der Waals surface area contributed by atoms with Crippen LogP contribution in [0.3, 0.4) is 0 Å². The van der Waals surface area contributed by atoms with Crippen molar-refractivity contribution in [2.45, 2.75) is 0 Å². The van der Waals surface area contributed by atoms with E-state index in [0.717, 1.165) is 0 Å². The van der Waals surface area contributed by atoms with Gasteiger partial charge in [-0.3, -0.25) is 14.9 Å². The summed E-state index contributed by atoms with van der Waals surface area (Å²) in [7, 11) is 0. The van der Waals surface area contributed by atoms with Gasteiger partial charge < -0.3 is 5.11 Å². The first-order valence-corrected chi connectivity index (χ1v) is 7.24. The van der Waals surface area contributed by atoms with Crippen LogP contribution in [0.4, 0.5) is 5.69 Å². The highest BCUT2D eigenvalue weighted by Crippen LogP contribution is 2.32. The molecule has 1 N–H and O–H groups in total. The predicted octanol–water partition coefficient (Wildman–Crippen LogP) is 4.20. The van der Waals surface area contributed by atoms with Crippen molar-refractivity contribution in [3.05, 3.63) is 94.0 Å². The Morgan fingerprint density at radius 2 is 1.58 bits per heavy atom. The fourth-order valence-corrected chi connectivity index (χ4v) is 2.51. The third kappa shape index (κ3) is 2.87. The lowest BCUT2D eigenvalue weighted by Crippen LogP contribution is -2.03. The summed E-state index contributed by atoms with van der Waals surface area (Å²) in [6.07, 6.45) is 0. The van der Waals surface area contributed by atoms with E-state index in [2.05, 4.69) is 0 Å². The van der Waals surface area contributed by atoms with Crippen molar-refractivity contribution in [2.75, 3.05) is 0 Å². The average Bonchev–Trinajstić information content (AvgIpc) is 2.62. The number of phenols is 1. The number of rotatable bonds is 4. The van der Waals surface area contributed by atoms with E-state index in [-0.39, 0.29) is 22.6 Å². The molecule has 5 heteroatoms. The lowest BCUT2D eigenvalue weighted by molar-refractivity contribution is -0.384. The first kappa shape index (κ1) is 15.4. The molecule has 0 unspecified atom stereocenters. The number of benzene rings is 3. The maximum atomic E-state index is 12.5. The molecule has 24 heavy (non-hydrogen) atoms. The van der Waals surface area contributed by atoms with Crippen molar-refractivity contribution in [1.29, 1.82) is 0 Å². The van der Waals surface area contributed by atoms with E-state index < -0.39 is 10.7 Å². The van der Waals surface area contributed by atoms with Gasteiger partial charge >= 0.3 is 0 Å². The Morgan fingerprint density at radius 1 is 0.917 bits per heavy atom. The molecule has 0 aliphatic rings. The summed E-state index contributed by atoms with van der Waals surface area (Å²) in [5, 5.41) is 21.2. The second kappa shape index (κ2) is 6.34. The second-order valence-electron chi connectivity index (χ2n) is 5.20. The molecule has 118 valence electrons. The number of ketones is 1. The molecule has 0 radical (unpaired) electrons. The van der Waals surface area contributed by atoms with Crippen LogP contribution < -0.4 is 0 Å². The molecule has 0 saturated carbocycles. The third-order valence-electron chi connectivity index (χ3n) is 3.69. The van der Waals surface area contributed by atoms with Crippen LogP contribution >= 0.6 is 0 Å². The number of nitrogens with zero attached hydrogens (tertiary/aromatic N) is 1. The molecule has 0 aliphatic carbocycles. The molecule has 3 aromatic carbocycles. The Kier molecular flexibility index (Phi) is 4.07. The van der Waals surface area contributed by atoms with Gasteiger partial charge in [-0.25, -0.2) is 0 Å². The normalized spacial score (nSPS) is 10.3. The van der Waals surface area contributed by atoms with Gasteiger partial charge in [0.05, 0.1) is 16.1 Å². The summed E-state index contributed by atoms with van der Waals surface area (Å²) in [5.41, 5.74) is 1.25. The maximum absolute atomic E-state index is 12.5. The number of nitro groups is 1. The van der Waals surface area contributed by atoms with E-state index in [1.807, 2.05) is 6.07 Å². The van der Waals surface area contributed by atoms with Gasteiger partial charge in [-0.2, -0.15) is 0 Å². The van der Waals surface area contributed by atoms with Gasteiger partial charge in [0.1, 0.15) is 5.75 Å². The molecule has 3 aromatic rings. The largest absolute Gasteiger partial charge is 0.507 e. The molecule has 0 aliphatic heterocycles. The summed E-state index contributed by atoms with van der Waals surface area (Å²) < 4.78 is 0. The average molecular weight is 319 g/mol. The van der Waals surface area contributed by atoms with Crippen LogP contribution in [0.25, 0.3) is 11.1 Å². The van der Waals surface area contributed by atoms with Crippen LogP contribution in [0.2, 0.25) is 0 Å². The molecule has 5 nitrogen and oxygen atoms in total. The van der Waals surface area contributed by atoms with Gasteiger partial charge in [0.15, 0.2) is 5.78 Å². The zero-order chi connectivity index (χ0) is 17.1. The summed E-state index contributed by atoms with van der Waals surface area (Å²) in [6.45, 7) is 0. The highest BCUT2D eigenvalue weighted by Gasteiger charge is 2.20. The van der Waals surface area contributed by atoms with Crippen LogP contribution in [0.5, 0.6) is 5.75 Å². The number of carbonyl (C=O) groups excluding carboxylic acids is 1. The molecular formula is C19H13NO4. The molecule has 0 amide bonds. The molecule has 0 saturated heterocycles. The Balaban J connectivity index is 2.09. The van der Waals surface area contributed by atoms with E-state index in [1.54, 1.807) is 42.5 Å². The minimum absolute atomic E-state index is 0.110. The number of para-hydroxylation sites is 1. The van der Waals surface area contributed by atoms with Crippen LogP contribution in [-0.4, -0.2) is 15.8 Å². The van der Waals surface area contributed by atoms with Gasteiger partial charge in [0.2, 0.25) is 0 Å². The molecule has 0 bridgehead atoms. The monoisotopic (exact) mass is 319 g/mol. The number of aromatic hydroxyl groups is 1. The SMILES string of the molecule is O=C(c1ccc(-c2ccccc2)c([N+](=O)[O-])c1)c1ccccc1O. The van der Waals surface area contributed by atoms with Gasteiger partial charge in [0.25, 0.3) is 5.69 Å². The van der Waals surface area contributed by atoms with Gasteiger partial charge in [-0.1, -0.05) is 42.5 Å². The van der Waals surface area contributed by atoms with Gasteiger partial charge in [0, 0.05) is 11.6 Å². The number of nitro benzene ring substituents is 1. The third-order valence-corrected chi connectivity index (χ3v) is 3.69. The van der Waals surface area contributed by atoms with Crippen LogP contribution in [0, 0.1) is 10.1 Å². The summed E-state index contributed by atoms with van der Waals surface area (Å²) in [5.74, 6) is -0.617. The van der Waals surface area contributed by atoms with Crippen molar-refractivity contribution in [2.24, 2.45) is 0 Å². The minimum atomic E-state index is -0.510. The van der Waals surface area contributed by atoms with E-state index in [0.29, 0.717) is 11.1 Å². The predicted molar refractivity (Wildman–Crippen MR) is 90.1 cm³/mol. The standard InChI is InChI=1S/C19H13NO4/c21-18-9-5-4-8-16(18)19(22)14-10-11-15(17(12-14)20(23)24)13-6-2-1-3-7-13/h1-12,21H. The number of carbonyl (C=O) groups is 1. The number of hydrogen-bond donors (Lipinski definition) is 1. The van der Waals surface area contributed by atoms with Crippen LogP contribution in [-0.2, 0) is 0 Å². The summed E-state index contributed by atoms with van der Waals surface area (Å²) in [4.78, 5) is 23.4. The Bertz CT molecular complexity index is 920. The summed E-state index contributed by atoms with van der Waals surface area (Å²) >= 11 is 0. The Labute approximate surface area is 138 Å². The zero-order valence-corrected chi connectivity index (χ0v) is 12.5. The summed E-state index contributed by atoms with van der Waals surface area (Å²) in [6, 6.07) is 19.4. The lowest BCUT2D eigenvalue weighted by Gasteiger charge is -2.07. The quantitative estimate of drug-likeness (QED) is 0.444. The first-order chi connectivity index (χ1) is 11.6. The van der Waals surface area contributed by atoms with Crippen molar-refractivity contribution < 1.29 is 14.8 Å². The molecule has 0 fully saturated rings. The molecule has 0 spiro atoms. The second-order valence-corrected chi connectivity index (χ2v) is 5.20. The minimum Gasteiger partial charge on any atom is -0.507 e. The highest BCUT2D eigenvalue weighted by molar-refractivity contribution is 6.11. The fourth-order valence-electron chi connectivity index (χ4n) is 2.51. The van der Waals surface area contributed by atoms with Gasteiger partial charge in [-0.15, -0.1) is 0 Å². The van der Waals surface area contributed by atoms with Crippen molar-refractivity contribution in [1.82, 2.24) is 0 Å². The molecule has 0 atom stereocenters. The fraction of sp³-hybridized carbons (Fsp3) is 0. The first-order valence-electron chi connectivity index (χ1n) is 7.24. The van der Waals surface area contributed by atoms with E-state index in [4.69, 9.17) is 0 Å². The Morgan fingerprint density at radius 3 is 2.25 bits per heavy atom. The number of phenolic OH excluding ortho intramolecular Hbond substituents is 1. The van der Waals surface area contributed by atoms with E-state index >= 15 is 0 Å². The molecule has 3 rings (SSSR count). The smallest absolute Gasteiger partial charge is 0.277 e. The van der Waals surface area contributed by atoms with Crippen molar-refractivity contribution in [3.8, 4) is 16.9 Å². The topological polar surface area (TPSA) is 80.4 Å². The van der Waals surface area contributed by atoms with E-state index in [9.17, 15) is 20.0 Å². The number of hydrogen-bond acceptors (Lipinski definition) is 4. The maximum Gasteiger partial charge on any atom is 0.277 e. The zero-order valence-electron chi connectivity index (χ0n) is 12.5. The molecule has 0 aromatic heterocycles. The molecule has 0 heterocycles. The highest BCUT2D eigenvalue weighted by atomic mass is 16.6. The van der Waals surface area contributed by atoms with Crippen LogP contribution in [0.15, 0.2) is 72.8 Å². The van der Waals surface area contributed by atoms with E-state index in [1.165, 1.54) is 24.3 Å².